The van der Waals surface area contributed by atoms with Gasteiger partial charge in [-0.2, -0.15) is 0 Å². The Hall–Kier alpha value is -1.49. The third-order valence-corrected chi connectivity index (χ3v) is 8.22. The summed E-state index contributed by atoms with van der Waals surface area (Å²) >= 11 is -5.12. The number of carbonyl (C=O) groups excluding carboxylic acids is 1. The van der Waals surface area contributed by atoms with Crippen LogP contribution in [0.5, 0.6) is 0 Å². The van der Waals surface area contributed by atoms with Crippen LogP contribution in [0, 0.1) is 11.8 Å². The summed E-state index contributed by atoms with van der Waals surface area (Å²) in [6, 6.07) is 9.64. The predicted octanol–water partition coefficient (Wildman–Crippen LogP) is -1.73. The minimum atomic E-state index is -5.12. The first-order chi connectivity index (χ1) is 14.3. The van der Waals surface area contributed by atoms with E-state index < -0.39 is 14.5 Å². The average Bonchev–Trinajstić information content (AvgIpc) is 3.15. The second kappa shape index (κ2) is 7.78. The standard InChI is InChI=1S/C21H22N2O2.AsH3O4.2H2O/c24-18-10-16-19-13-9-17-21(6-7-22(17)11-12(13)5-8-25-16)14-3-1-2-4-15(14)23(18)20(19)21;2-1(3,4)5;;/h1-5,13,16-17,19-20H,6-11H2;(H3,2,3,4,5);2*1H2/t13-,16-,17-,19-,20-,21+;;;/m0.../s1. The Balaban J connectivity index is 0.000000320. The van der Waals surface area contributed by atoms with Crippen molar-refractivity contribution in [3.8, 4) is 0 Å². The molecule has 1 aromatic rings. The van der Waals surface area contributed by atoms with E-state index >= 15 is 0 Å². The van der Waals surface area contributed by atoms with Gasteiger partial charge in [0.25, 0.3) is 0 Å². The maximum atomic E-state index is 13.2. The molecule has 6 aliphatic rings. The third-order valence-electron chi connectivity index (χ3n) is 8.22. The van der Waals surface area contributed by atoms with Crippen molar-refractivity contribution in [2.45, 2.75) is 42.9 Å². The number of anilines is 1. The normalized spacial score (nSPS) is 37.7. The van der Waals surface area contributed by atoms with Gasteiger partial charge in [0.2, 0.25) is 5.91 Å². The Morgan fingerprint density at radius 2 is 1.88 bits per heavy atom. The summed E-state index contributed by atoms with van der Waals surface area (Å²) in [7, 11) is 0. The minimum absolute atomic E-state index is 0. The topological polar surface area (TPSA) is 174 Å². The summed E-state index contributed by atoms with van der Waals surface area (Å²) < 4.78 is 36.9. The van der Waals surface area contributed by atoms with Gasteiger partial charge >= 0.3 is 30.5 Å². The molecule has 176 valence electrons. The van der Waals surface area contributed by atoms with Crippen molar-refractivity contribution in [3.05, 3.63) is 41.5 Å². The predicted molar refractivity (Wildman–Crippen MR) is 114 cm³/mol. The molecule has 0 radical (unpaired) electrons. The van der Waals surface area contributed by atoms with E-state index in [9.17, 15) is 4.79 Å². The summed E-state index contributed by atoms with van der Waals surface area (Å²) in [5.74, 6) is 1.35. The van der Waals surface area contributed by atoms with Crippen LogP contribution in [-0.4, -0.2) is 86.4 Å². The van der Waals surface area contributed by atoms with Gasteiger partial charge in [0, 0.05) is 29.6 Å². The number of amides is 1. The van der Waals surface area contributed by atoms with Gasteiger partial charge in [-0.05, 0) is 36.9 Å². The number of para-hydroxylation sites is 1. The van der Waals surface area contributed by atoms with E-state index in [1.165, 1.54) is 30.6 Å². The van der Waals surface area contributed by atoms with Gasteiger partial charge < -0.3 is 20.6 Å². The van der Waals surface area contributed by atoms with Crippen LogP contribution in [-0.2, 0) is 18.7 Å². The molecule has 0 aromatic heterocycles. The Bertz CT molecular complexity index is 1000. The van der Waals surface area contributed by atoms with Gasteiger partial charge in [-0.25, -0.2) is 0 Å². The second-order valence-corrected chi connectivity index (χ2v) is 11.4. The first kappa shape index (κ1) is 23.7. The molecule has 1 spiro atoms. The number of ether oxygens (including phenoxy) is 1. The monoisotopic (exact) mass is 512 g/mol. The molecule has 10 nitrogen and oxygen atoms in total. The number of piperidine rings is 2. The van der Waals surface area contributed by atoms with Crippen molar-refractivity contribution in [3.63, 3.8) is 0 Å². The van der Waals surface area contributed by atoms with E-state index in [-0.39, 0.29) is 28.4 Å². The van der Waals surface area contributed by atoms with Gasteiger partial charge in [0.15, 0.2) is 0 Å². The molecule has 32 heavy (non-hydrogen) atoms. The molecular formula is C21H29AsN2O8. The number of carbonyl (C=O) groups is 1. The molecule has 7 rings (SSSR count). The van der Waals surface area contributed by atoms with Gasteiger partial charge in [0.05, 0.1) is 25.2 Å². The zero-order chi connectivity index (χ0) is 20.8. The molecule has 1 aromatic carbocycles. The van der Waals surface area contributed by atoms with Crippen LogP contribution in [0.2, 0.25) is 0 Å². The molecule has 6 atom stereocenters. The zero-order valence-corrected chi connectivity index (χ0v) is 19.3. The second-order valence-electron chi connectivity index (χ2n) is 9.29. The molecule has 7 N–H and O–H groups in total. The van der Waals surface area contributed by atoms with E-state index in [0.717, 1.165) is 6.54 Å². The average molecular weight is 512 g/mol. The Morgan fingerprint density at radius 3 is 2.62 bits per heavy atom. The first-order valence-electron chi connectivity index (χ1n) is 10.5. The number of rotatable bonds is 0. The van der Waals surface area contributed by atoms with Crippen molar-refractivity contribution < 1.29 is 36.5 Å². The zero-order valence-electron chi connectivity index (χ0n) is 17.4. The van der Waals surface area contributed by atoms with Crippen LogP contribution in [0.3, 0.4) is 0 Å². The summed E-state index contributed by atoms with van der Waals surface area (Å²) in [6.45, 7) is 2.97. The van der Waals surface area contributed by atoms with E-state index in [1.807, 2.05) is 0 Å². The fourth-order valence-corrected chi connectivity index (χ4v) is 7.51. The Kier molecular flexibility index (Phi) is 5.75. The molecule has 5 aliphatic heterocycles. The summed E-state index contributed by atoms with van der Waals surface area (Å²) in [4.78, 5) is 18.1. The molecule has 4 fully saturated rings. The van der Waals surface area contributed by atoms with Crippen LogP contribution < -0.4 is 4.90 Å². The number of hydrogen-bond donors (Lipinski definition) is 3. The van der Waals surface area contributed by atoms with E-state index in [1.54, 1.807) is 5.57 Å². The molecule has 2 bridgehead atoms. The van der Waals surface area contributed by atoms with Crippen LogP contribution in [0.25, 0.3) is 0 Å². The number of hydrogen-bond acceptors (Lipinski definition) is 4. The van der Waals surface area contributed by atoms with Gasteiger partial charge in [-0.3, -0.25) is 9.69 Å². The van der Waals surface area contributed by atoms with Crippen molar-refractivity contribution in [2.24, 2.45) is 11.8 Å². The van der Waals surface area contributed by atoms with Crippen molar-refractivity contribution in [2.75, 3.05) is 24.6 Å². The van der Waals surface area contributed by atoms with Crippen molar-refractivity contribution >= 4 is 26.1 Å². The summed E-state index contributed by atoms with van der Waals surface area (Å²) in [6.07, 6.45) is 5.43. The molecule has 5 heterocycles. The Labute approximate surface area is 188 Å². The fraction of sp³-hybridized carbons (Fsp3) is 0.571. The molecular weight excluding hydrogens is 483 g/mol. The van der Waals surface area contributed by atoms with E-state index in [0.29, 0.717) is 36.9 Å². The summed E-state index contributed by atoms with van der Waals surface area (Å²) in [5.41, 5.74) is 4.35. The third kappa shape index (κ3) is 3.09. The van der Waals surface area contributed by atoms with Crippen LogP contribution in [0.1, 0.15) is 24.8 Å². The van der Waals surface area contributed by atoms with Crippen molar-refractivity contribution in [1.82, 2.24) is 4.90 Å². The molecule has 0 unspecified atom stereocenters. The van der Waals surface area contributed by atoms with Crippen LogP contribution in [0.15, 0.2) is 35.9 Å². The molecule has 1 saturated carbocycles. The molecule has 3 saturated heterocycles. The fourth-order valence-electron chi connectivity index (χ4n) is 7.51. The van der Waals surface area contributed by atoms with Gasteiger partial charge in [0.1, 0.15) is 0 Å². The SMILES string of the molecule is O.O.O=C1C[C@@H]2OCC=C3CN4CC[C@]56c7ccccc7N1[C@H]5[C@H]2[C@H]3C[C@H]46.O=[As](O)(O)O. The molecule has 11 heteroatoms. The molecule has 1 amide bonds. The number of benzene rings is 1. The van der Waals surface area contributed by atoms with Crippen LogP contribution in [0.4, 0.5) is 5.69 Å². The van der Waals surface area contributed by atoms with E-state index in [4.69, 9.17) is 20.8 Å². The molecule has 1 aliphatic carbocycles. The first-order valence-corrected chi connectivity index (χ1v) is 13.8. The maximum absolute atomic E-state index is 13.2. The quantitative estimate of drug-likeness (QED) is 0.274. The summed E-state index contributed by atoms with van der Waals surface area (Å²) in [5, 5.41) is 0. The Morgan fingerprint density at radius 1 is 1.16 bits per heavy atom. The number of nitrogens with zero attached hydrogens (tertiary/aromatic N) is 2. The van der Waals surface area contributed by atoms with Crippen molar-refractivity contribution in [1.29, 1.82) is 0 Å². The van der Waals surface area contributed by atoms with E-state index in [2.05, 4.69) is 40.1 Å². The number of fused-ring (bicyclic) bond motifs is 2. The van der Waals surface area contributed by atoms with Gasteiger partial charge in [-0.1, -0.05) is 29.8 Å². The van der Waals surface area contributed by atoms with Gasteiger partial charge in [-0.15, -0.1) is 0 Å². The van der Waals surface area contributed by atoms with Crippen LogP contribution >= 0.6 is 0 Å².